The van der Waals surface area contributed by atoms with E-state index in [1.165, 1.54) is 0 Å². The number of hydrogen-bond donors (Lipinski definition) is 2. The number of carboxylic acid groups (broad SMARTS) is 1. The molecule has 48 heavy (non-hydrogen) atoms. The highest BCUT2D eigenvalue weighted by Gasteiger charge is 2.11. The van der Waals surface area contributed by atoms with Crippen molar-refractivity contribution in [2.75, 3.05) is 6.54 Å². The molecule has 6 nitrogen and oxygen atoms in total. The van der Waals surface area contributed by atoms with Crippen LogP contribution in [0.2, 0.25) is 0 Å². The van der Waals surface area contributed by atoms with Crippen LogP contribution in [0.1, 0.15) is 123 Å². The molecule has 1 atom stereocenters. The number of unbranched alkanes of at least 4 members (excludes halogenated alkanes) is 3. The minimum Gasteiger partial charge on any atom is -0.480 e. The Bertz CT molecular complexity index is 1090. The van der Waals surface area contributed by atoms with Crippen molar-refractivity contribution in [3.05, 3.63) is 109 Å². The SMILES string of the molecule is CC/C=C\C/C=C\C/C=C\C/C=C\C/C=C\C/C=C\CCC(=O)OC(/C=C\C/C=C\C/C=C\CC)CCCCCCC(=O)NCC(=O)O. The lowest BCUT2D eigenvalue weighted by Gasteiger charge is -2.14. The number of carbonyl (C=O) groups is 3. The molecule has 0 bridgehead atoms. The lowest BCUT2D eigenvalue weighted by Crippen LogP contribution is -2.28. The summed E-state index contributed by atoms with van der Waals surface area (Å²) in [6.07, 6.45) is 52.3. The molecule has 0 heterocycles. The van der Waals surface area contributed by atoms with Gasteiger partial charge in [-0.05, 0) is 89.5 Å². The lowest BCUT2D eigenvalue weighted by atomic mass is 10.1. The minimum absolute atomic E-state index is 0.195. The fourth-order valence-corrected chi connectivity index (χ4v) is 4.35. The second-order valence-corrected chi connectivity index (χ2v) is 11.4. The van der Waals surface area contributed by atoms with Crippen LogP contribution in [0.25, 0.3) is 0 Å². The van der Waals surface area contributed by atoms with Gasteiger partial charge in [0.05, 0.1) is 0 Å². The highest BCUT2D eigenvalue weighted by molar-refractivity contribution is 5.80. The zero-order valence-electron chi connectivity index (χ0n) is 29.8. The van der Waals surface area contributed by atoms with Gasteiger partial charge in [-0.3, -0.25) is 14.4 Å². The van der Waals surface area contributed by atoms with E-state index in [4.69, 9.17) is 9.84 Å². The molecule has 0 aromatic rings. The monoisotopic (exact) mass is 661 g/mol. The summed E-state index contributed by atoms with van der Waals surface area (Å²) in [5, 5.41) is 11.0. The molecule has 0 spiro atoms. The van der Waals surface area contributed by atoms with Gasteiger partial charge in [0, 0.05) is 12.8 Å². The zero-order valence-corrected chi connectivity index (χ0v) is 29.8. The Balaban J connectivity index is 4.37. The van der Waals surface area contributed by atoms with Crippen molar-refractivity contribution in [3.8, 4) is 0 Å². The molecule has 0 saturated carbocycles. The number of ether oxygens (including phenoxy) is 1. The van der Waals surface area contributed by atoms with Gasteiger partial charge in [-0.25, -0.2) is 0 Å². The Morgan fingerprint density at radius 3 is 1.48 bits per heavy atom. The molecule has 1 unspecified atom stereocenters. The van der Waals surface area contributed by atoms with E-state index in [9.17, 15) is 14.4 Å². The Morgan fingerprint density at radius 1 is 0.562 bits per heavy atom. The van der Waals surface area contributed by atoms with Crippen molar-refractivity contribution >= 4 is 17.8 Å². The zero-order chi connectivity index (χ0) is 35.2. The number of carboxylic acids is 1. The molecule has 0 rings (SSSR count). The van der Waals surface area contributed by atoms with Crippen LogP contribution >= 0.6 is 0 Å². The molecule has 0 aliphatic heterocycles. The van der Waals surface area contributed by atoms with Crippen molar-refractivity contribution < 1.29 is 24.2 Å². The van der Waals surface area contributed by atoms with Crippen molar-refractivity contribution in [3.63, 3.8) is 0 Å². The Labute approximate surface area is 291 Å². The number of aliphatic carboxylic acids is 1. The van der Waals surface area contributed by atoms with E-state index < -0.39 is 5.97 Å². The van der Waals surface area contributed by atoms with Crippen LogP contribution in [0.5, 0.6) is 0 Å². The van der Waals surface area contributed by atoms with Crippen LogP contribution in [-0.2, 0) is 19.1 Å². The molecule has 6 heteroatoms. The fourth-order valence-electron chi connectivity index (χ4n) is 4.35. The number of hydrogen-bond acceptors (Lipinski definition) is 4. The number of allylic oxidation sites excluding steroid dienone is 17. The van der Waals surface area contributed by atoms with Crippen LogP contribution in [0.15, 0.2) is 109 Å². The highest BCUT2D eigenvalue weighted by Crippen LogP contribution is 2.13. The van der Waals surface area contributed by atoms with Crippen molar-refractivity contribution in [2.24, 2.45) is 0 Å². The third kappa shape index (κ3) is 34.9. The molecule has 2 N–H and O–H groups in total. The second-order valence-electron chi connectivity index (χ2n) is 11.4. The van der Waals surface area contributed by atoms with E-state index >= 15 is 0 Å². The van der Waals surface area contributed by atoms with Gasteiger partial charge >= 0.3 is 11.9 Å². The van der Waals surface area contributed by atoms with Gasteiger partial charge in [0.2, 0.25) is 5.91 Å². The van der Waals surface area contributed by atoms with Crippen LogP contribution < -0.4 is 5.32 Å². The maximum absolute atomic E-state index is 12.6. The Morgan fingerprint density at radius 2 is 1.00 bits per heavy atom. The standard InChI is InChI=1S/C42H63NO5/c1-3-5-7-9-11-13-14-15-16-17-18-19-20-21-22-23-25-27-33-37-42(47)48-39(34-30-26-24-12-10-8-6-4-2)35-31-28-29-32-36-40(44)43-38-41(45)46/h5-8,11-13,15-16,18-19,21-22,24-25,27,30,34,39H,3-4,9-10,14,17,20,23,26,28-29,31-33,35-38H2,1-2H3,(H,43,44)(H,45,46)/b7-5-,8-6-,13-11-,16-15-,19-18-,22-21-,24-12-,27-25-,34-30-. The molecule has 1 amide bonds. The summed E-state index contributed by atoms with van der Waals surface area (Å²) in [7, 11) is 0. The van der Waals surface area contributed by atoms with Gasteiger partial charge < -0.3 is 15.2 Å². The van der Waals surface area contributed by atoms with Crippen molar-refractivity contribution in [1.82, 2.24) is 5.32 Å². The summed E-state index contributed by atoms with van der Waals surface area (Å²) in [5.41, 5.74) is 0. The van der Waals surface area contributed by atoms with Crippen LogP contribution in [-0.4, -0.2) is 35.6 Å². The molecular weight excluding hydrogens is 598 g/mol. The molecule has 0 aromatic carbocycles. The molecule has 0 aliphatic rings. The summed E-state index contributed by atoms with van der Waals surface area (Å²) in [4.78, 5) is 34.8. The highest BCUT2D eigenvalue weighted by atomic mass is 16.5. The van der Waals surface area contributed by atoms with Crippen LogP contribution in [0, 0.1) is 0 Å². The van der Waals surface area contributed by atoms with E-state index in [1.54, 1.807) is 0 Å². The average molecular weight is 662 g/mol. The van der Waals surface area contributed by atoms with Gasteiger partial charge in [0.15, 0.2) is 0 Å². The summed E-state index contributed by atoms with van der Waals surface area (Å²) < 4.78 is 5.80. The van der Waals surface area contributed by atoms with Gasteiger partial charge in [-0.1, -0.05) is 130 Å². The first kappa shape index (κ1) is 44.1. The molecule has 0 aromatic heterocycles. The normalized spacial score (nSPS) is 13.4. The van der Waals surface area contributed by atoms with E-state index in [-0.39, 0.29) is 24.5 Å². The summed E-state index contributed by atoms with van der Waals surface area (Å²) in [6, 6.07) is 0. The second kappa shape index (κ2) is 35.9. The first-order valence-electron chi connectivity index (χ1n) is 18.0. The summed E-state index contributed by atoms with van der Waals surface area (Å²) >= 11 is 0. The van der Waals surface area contributed by atoms with Gasteiger partial charge in [0.25, 0.3) is 0 Å². The summed E-state index contributed by atoms with van der Waals surface area (Å²) in [5.74, 6) is -1.48. The molecule has 0 radical (unpaired) electrons. The fraction of sp³-hybridized carbons (Fsp3) is 0.500. The predicted octanol–water partition coefficient (Wildman–Crippen LogP) is 10.8. The lowest BCUT2D eigenvalue weighted by molar-refractivity contribution is -0.147. The average Bonchev–Trinajstić information content (AvgIpc) is 3.07. The number of carbonyl (C=O) groups excluding carboxylic acids is 2. The van der Waals surface area contributed by atoms with E-state index in [0.717, 1.165) is 83.5 Å². The number of rotatable bonds is 30. The Hall–Kier alpha value is -3.93. The topological polar surface area (TPSA) is 92.7 Å². The maximum atomic E-state index is 12.6. The smallest absolute Gasteiger partial charge is 0.322 e. The quantitative estimate of drug-likeness (QED) is 0.0454. The van der Waals surface area contributed by atoms with E-state index in [2.05, 4.69) is 116 Å². The van der Waals surface area contributed by atoms with Crippen molar-refractivity contribution in [1.29, 1.82) is 0 Å². The van der Waals surface area contributed by atoms with Gasteiger partial charge in [0.1, 0.15) is 12.6 Å². The molecule has 266 valence electrons. The van der Waals surface area contributed by atoms with Gasteiger partial charge in [-0.2, -0.15) is 0 Å². The number of amides is 1. The largest absolute Gasteiger partial charge is 0.480 e. The molecule has 0 fully saturated rings. The predicted molar refractivity (Wildman–Crippen MR) is 203 cm³/mol. The molecule has 0 aliphatic carbocycles. The molecule has 0 saturated heterocycles. The number of esters is 1. The minimum atomic E-state index is -1.04. The first-order valence-corrected chi connectivity index (χ1v) is 18.0. The summed E-state index contributed by atoms with van der Waals surface area (Å²) in [6.45, 7) is 3.92. The molecular formula is C42H63NO5. The van der Waals surface area contributed by atoms with Crippen molar-refractivity contribution in [2.45, 2.75) is 129 Å². The maximum Gasteiger partial charge on any atom is 0.322 e. The Kier molecular flexibility index (Phi) is 33.0. The first-order chi connectivity index (χ1) is 23.5. The van der Waals surface area contributed by atoms with Crippen LogP contribution in [0.3, 0.4) is 0 Å². The third-order valence-electron chi connectivity index (χ3n) is 6.94. The van der Waals surface area contributed by atoms with Gasteiger partial charge in [-0.15, -0.1) is 0 Å². The third-order valence-corrected chi connectivity index (χ3v) is 6.94. The van der Waals surface area contributed by atoms with E-state index in [1.807, 2.05) is 12.2 Å². The number of nitrogens with one attached hydrogen (secondary N) is 1. The van der Waals surface area contributed by atoms with E-state index in [0.29, 0.717) is 25.7 Å². The van der Waals surface area contributed by atoms with Crippen LogP contribution in [0.4, 0.5) is 0 Å².